The number of allylic oxidation sites excluding steroid dienone is 2. The Morgan fingerprint density at radius 2 is 2.04 bits per heavy atom. The normalized spacial score (nSPS) is 12.3. The van der Waals surface area contributed by atoms with Gasteiger partial charge in [0.2, 0.25) is 0 Å². The van der Waals surface area contributed by atoms with Crippen molar-refractivity contribution in [1.82, 2.24) is 24.8 Å². The van der Waals surface area contributed by atoms with Gasteiger partial charge in [-0.2, -0.15) is 9.61 Å². The number of aliphatic hydroxyl groups is 1. The molecule has 7 nitrogen and oxygen atoms in total. The Morgan fingerprint density at radius 3 is 2.70 bits per heavy atom. The number of hydrogen-bond donors (Lipinski definition) is 1. The third kappa shape index (κ3) is 3.07. The minimum absolute atomic E-state index is 0.0272. The molecule has 3 aromatic rings. The maximum atomic E-state index is 11.6. The monoisotopic (exact) mass is 327 g/mol. The molecule has 8 heteroatoms. The molecule has 0 bridgehead atoms. The maximum absolute atomic E-state index is 11.6. The molecule has 0 unspecified atom stereocenters. The van der Waals surface area contributed by atoms with E-state index in [2.05, 4.69) is 20.3 Å². The molecule has 0 spiro atoms. The predicted molar refractivity (Wildman–Crippen MR) is 85.9 cm³/mol. The molecule has 0 amide bonds. The fourth-order valence-corrected chi connectivity index (χ4v) is 2.77. The van der Waals surface area contributed by atoms with Gasteiger partial charge in [-0.05, 0) is 38.1 Å². The number of fused-ring (bicyclic) bond motifs is 1. The van der Waals surface area contributed by atoms with E-state index in [0.29, 0.717) is 16.5 Å². The third-order valence-corrected chi connectivity index (χ3v) is 4.23. The summed E-state index contributed by atoms with van der Waals surface area (Å²) in [5.41, 5.74) is 1.37. The highest BCUT2D eigenvalue weighted by Gasteiger charge is 2.14. The number of pyridine rings is 1. The highest BCUT2D eigenvalue weighted by Crippen LogP contribution is 2.28. The first-order chi connectivity index (χ1) is 11.1. The molecule has 116 valence electrons. The van der Waals surface area contributed by atoms with Crippen LogP contribution in [0.1, 0.15) is 13.8 Å². The number of hydrogen-bond acceptors (Lipinski definition) is 7. The van der Waals surface area contributed by atoms with Gasteiger partial charge < -0.3 is 5.11 Å². The molecular weight excluding hydrogens is 314 g/mol. The molecule has 0 radical (unpaired) electrons. The molecule has 0 aliphatic heterocycles. The van der Waals surface area contributed by atoms with Crippen LogP contribution in [0.25, 0.3) is 17.0 Å². The van der Waals surface area contributed by atoms with Gasteiger partial charge in [-0.1, -0.05) is 11.8 Å². The van der Waals surface area contributed by atoms with E-state index in [1.54, 1.807) is 35.1 Å². The Bertz CT molecular complexity index is 901. The number of thioether (sulfide) groups is 1. The third-order valence-electron chi connectivity index (χ3n) is 3.01. The number of rotatable bonds is 4. The summed E-state index contributed by atoms with van der Waals surface area (Å²) in [6.45, 7) is 2.88. The zero-order valence-electron chi connectivity index (χ0n) is 12.5. The summed E-state index contributed by atoms with van der Waals surface area (Å²) >= 11 is 1.10. The van der Waals surface area contributed by atoms with Crippen LogP contribution in [0.5, 0.6) is 0 Å². The van der Waals surface area contributed by atoms with Crippen LogP contribution in [-0.4, -0.2) is 35.7 Å². The summed E-state index contributed by atoms with van der Waals surface area (Å²) in [6.07, 6.45) is 3.35. The average molecular weight is 327 g/mol. The quantitative estimate of drug-likeness (QED) is 0.447. The maximum Gasteiger partial charge on any atom is 0.186 e. The van der Waals surface area contributed by atoms with Crippen molar-refractivity contribution in [1.29, 1.82) is 0 Å². The number of aliphatic hydroxyl groups excluding tert-OH is 1. The lowest BCUT2D eigenvalue weighted by molar-refractivity contribution is -0.113. The van der Waals surface area contributed by atoms with Crippen LogP contribution >= 0.6 is 11.8 Å². The fraction of sp³-hybridized carbons (Fsp3) is 0.133. The molecule has 3 aromatic heterocycles. The van der Waals surface area contributed by atoms with Gasteiger partial charge in [0, 0.05) is 18.0 Å². The van der Waals surface area contributed by atoms with Crippen molar-refractivity contribution in [2.75, 3.05) is 0 Å². The van der Waals surface area contributed by atoms with Crippen LogP contribution in [0.15, 0.2) is 52.3 Å². The van der Waals surface area contributed by atoms with E-state index in [9.17, 15) is 9.90 Å². The van der Waals surface area contributed by atoms with Crippen molar-refractivity contribution in [2.45, 2.75) is 18.9 Å². The van der Waals surface area contributed by atoms with E-state index in [0.717, 1.165) is 17.3 Å². The minimum atomic E-state index is -0.215. The molecule has 3 rings (SSSR count). The SMILES string of the molecule is CC(=O)/C(Sc1ccc2nnc(-c3cccnc3)n2n1)=C(\C)O. The Labute approximate surface area is 136 Å². The van der Waals surface area contributed by atoms with Crippen molar-refractivity contribution < 1.29 is 9.90 Å². The number of ketones is 1. The lowest BCUT2D eigenvalue weighted by atomic mass is 10.3. The van der Waals surface area contributed by atoms with Crippen molar-refractivity contribution in [3.8, 4) is 11.4 Å². The first-order valence-corrected chi connectivity index (χ1v) is 7.59. The van der Waals surface area contributed by atoms with Gasteiger partial charge in [-0.15, -0.1) is 10.2 Å². The lowest BCUT2D eigenvalue weighted by Gasteiger charge is -2.05. The predicted octanol–water partition coefficient (Wildman–Crippen LogP) is 2.66. The van der Waals surface area contributed by atoms with Crippen molar-refractivity contribution in [2.24, 2.45) is 0 Å². The highest BCUT2D eigenvalue weighted by molar-refractivity contribution is 8.04. The molecule has 0 saturated carbocycles. The second kappa shape index (κ2) is 6.17. The van der Waals surface area contributed by atoms with E-state index in [1.165, 1.54) is 13.8 Å². The minimum Gasteiger partial charge on any atom is -0.511 e. The van der Waals surface area contributed by atoms with E-state index in [4.69, 9.17) is 0 Å². The van der Waals surface area contributed by atoms with Gasteiger partial charge in [-0.3, -0.25) is 9.78 Å². The molecule has 0 fully saturated rings. The number of carbonyl (C=O) groups is 1. The lowest BCUT2D eigenvalue weighted by Crippen LogP contribution is -2.00. The van der Waals surface area contributed by atoms with Crippen LogP contribution in [0.4, 0.5) is 0 Å². The fourth-order valence-electron chi connectivity index (χ4n) is 2.01. The molecule has 1 N–H and O–H groups in total. The first-order valence-electron chi connectivity index (χ1n) is 6.78. The topological polar surface area (TPSA) is 93.3 Å². The molecule has 23 heavy (non-hydrogen) atoms. The summed E-state index contributed by atoms with van der Waals surface area (Å²) in [5, 5.41) is 22.8. The Morgan fingerprint density at radius 1 is 1.22 bits per heavy atom. The van der Waals surface area contributed by atoms with Crippen LogP contribution in [0.2, 0.25) is 0 Å². The van der Waals surface area contributed by atoms with Gasteiger partial charge in [0.15, 0.2) is 17.3 Å². The van der Waals surface area contributed by atoms with E-state index in [-0.39, 0.29) is 16.4 Å². The van der Waals surface area contributed by atoms with Crippen molar-refractivity contribution >= 4 is 23.2 Å². The van der Waals surface area contributed by atoms with Gasteiger partial charge >= 0.3 is 0 Å². The largest absolute Gasteiger partial charge is 0.511 e. The standard InChI is InChI=1S/C15H13N5O2S/c1-9(21)14(10(2)22)23-13-6-5-12-17-18-15(20(12)19-13)11-4-3-7-16-8-11/h3-8,21H,1-2H3/b14-9-. The second-order valence-electron chi connectivity index (χ2n) is 4.78. The molecule has 3 heterocycles. The smallest absolute Gasteiger partial charge is 0.186 e. The molecular formula is C15H13N5O2S. The second-order valence-corrected chi connectivity index (χ2v) is 5.81. The average Bonchev–Trinajstić information content (AvgIpc) is 2.96. The van der Waals surface area contributed by atoms with Gasteiger partial charge in [0.05, 0.1) is 4.91 Å². The number of aromatic nitrogens is 5. The number of Topliss-reactive ketones (excluding diaryl/α,β-unsaturated/α-hetero) is 1. The van der Waals surface area contributed by atoms with Gasteiger partial charge in [0.1, 0.15) is 10.8 Å². The Kier molecular flexibility index (Phi) is 4.07. The zero-order chi connectivity index (χ0) is 16.4. The van der Waals surface area contributed by atoms with E-state index in [1.807, 2.05) is 6.07 Å². The number of carbonyl (C=O) groups excluding carboxylic acids is 1. The molecule has 0 aliphatic carbocycles. The Hall–Kier alpha value is -2.74. The summed E-state index contributed by atoms with van der Waals surface area (Å²) in [4.78, 5) is 15.9. The molecule has 0 aliphatic rings. The van der Waals surface area contributed by atoms with Crippen LogP contribution in [0, 0.1) is 0 Å². The van der Waals surface area contributed by atoms with Crippen molar-refractivity contribution in [3.05, 3.63) is 47.3 Å². The first kappa shape index (κ1) is 15.2. The van der Waals surface area contributed by atoms with Gasteiger partial charge in [-0.25, -0.2) is 0 Å². The van der Waals surface area contributed by atoms with Gasteiger partial charge in [0.25, 0.3) is 0 Å². The highest BCUT2D eigenvalue weighted by atomic mass is 32.2. The zero-order valence-corrected chi connectivity index (χ0v) is 13.3. The Balaban J connectivity index is 2.05. The van der Waals surface area contributed by atoms with Crippen LogP contribution < -0.4 is 0 Å². The summed E-state index contributed by atoms with van der Waals surface area (Å²) in [5.74, 6) is 0.318. The summed E-state index contributed by atoms with van der Waals surface area (Å²) in [6, 6.07) is 7.16. The van der Waals surface area contributed by atoms with Crippen LogP contribution in [0.3, 0.4) is 0 Å². The summed E-state index contributed by atoms with van der Waals surface area (Å²) < 4.78 is 1.59. The summed E-state index contributed by atoms with van der Waals surface area (Å²) in [7, 11) is 0. The van der Waals surface area contributed by atoms with Crippen molar-refractivity contribution in [3.63, 3.8) is 0 Å². The molecule has 0 aromatic carbocycles. The molecule has 0 saturated heterocycles. The molecule has 0 atom stereocenters. The van der Waals surface area contributed by atoms with E-state index >= 15 is 0 Å². The van der Waals surface area contributed by atoms with E-state index < -0.39 is 0 Å². The number of nitrogens with zero attached hydrogens (tertiary/aromatic N) is 5. The van der Waals surface area contributed by atoms with Crippen LogP contribution in [-0.2, 0) is 4.79 Å².